The molecule has 0 aromatic heterocycles. The summed E-state index contributed by atoms with van der Waals surface area (Å²) in [6.07, 6.45) is -0.266. The maximum atomic E-state index is 10.5. The topological polar surface area (TPSA) is 55.5 Å². The molecular formula is C17H20ClNO2. The van der Waals surface area contributed by atoms with Crippen molar-refractivity contribution >= 4 is 11.6 Å². The SMILES string of the molecule is CC(O)(CC(N)OCc1ccccc1Cl)c1ccccc1. The average molecular weight is 306 g/mol. The smallest absolute Gasteiger partial charge is 0.109 e. The van der Waals surface area contributed by atoms with Gasteiger partial charge in [0.2, 0.25) is 0 Å². The number of hydrogen-bond donors (Lipinski definition) is 2. The normalized spacial score (nSPS) is 15.4. The zero-order valence-electron chi connectivity index (χ0n) is 12.0. The second-order valence-corrected chi connectivity index (χ2v) is 5.69. The predicted octanol–water partition coefficient (Wildman–Crippen LogP) is 3.44. The molecule has 0 saturated carbocycles. The van der Waals surface area contributed by atoms with E-state index in [1.54, 1.807) is 6.92 Å². The molecule has 0 heterocycles. The highest BCUT2D eigenvalue weighted by Gasteiger charge is 2.26. The van der Waals surface area contributed by atoms with Crippen molar-refractivity contribution in [3.63, 3.8) is 0 Å². The molecule has 2 aromatic rings. The lowest BCUT2D eigenvalue weighted by molar-refractivity contribution is -0.0365. The largest absolute Gasteiger partial charge is 0.385 e. The Labute approximate surface area is 130 Å². The van der Waals surface area contributed by atoms with Crippen LogP contribution in [0.25, 0.3) is 0 Å². The summed E-state index contributed by atoms with van der Waals surface area (Å²) in [5, 5.41) is 11.2. The van der Waals surface area contributed by atoms with Crippen molar-refractivity contribution in [1.82, 2.24) is 0 Å². The molecule has 2 unspecified atom stereocenters. The lowest BCUT2D eigenvalue weighted by atomic mass is 9.92. The molecule has 2 aromatic carbocycles. The molecule has 0 radical (unpaired) electrons. The minimum Gasteiger partial charge on any atom is -0.385 e. The van der Waals surface area contributed by atoms with Gasteiger partial charge in [0.15, 0.2) is 0 Å². The van der Waals surface area contributed by atoms with Gasteiger partial charge in [0.1, 0.15) is 6.23 Å². The van der Waals surface area contributed by atoms with Crippen LogP contribution in [-0.4, -0.2) is 11.3 Å². The molecule has 3 nitrogen and oxygen atoms in total. The van der Waals surface area contributed by atoms with Crippen LogP contribution in [0.2, 0.25) is 5.02 Å². The summed E-state index contributed by atoms with van der Waals surface area (Å²) in [4.78, 5) is 0. The van der Waals surface area contributed by atoms with E-state index in [4.69, 9.17) is 22.1 Å². The predicted molar refractivity (Wildman–Crippen MR) is 84.8 cm³/mol. The van der Waals surface area contributed by atoms with Gasteiger partial charge < -0.3 is 15.6 Å². The van der Waals surface area contributed by atoms with Crippen LogP contribution in [0, 0.1) is 0 Å². The van der Waals surface area contributed by atoms with Gasteiger partial charge in [-0.15, -0.1) is 0 Å². The molecule has 0 aliphatic carbocycles. The standard InChI is InChI=1S/C17H20ClNO2/c1-17(20,14-8-3-2-4-9-14)11-16(19)21-12-13-7-5-6-10-15(13)18/h2-10,16,20H,11-12,19H2,1H3. The second kappa shape index (κ2) is 7.05. The zero-order valence-corrected chi connectivity index (χ0v) is 12.8. The Morgan fingerprint density at radius 3 is 2.43 bits per heavy atom. The summed E-state index contributed by atoms with van der Waals surface area (Å²) in [6.45, 7) is 2.06. The molecule has 3 N–H and O–H groups in total. The molecule has 0 aliphatic rings. The summed E-state index contributed by atoms with van der Waals surface area (Å²) in [5.41, 5.74) is 6.65. The van der Waals surface area contributed by atoms with Crippen molar-refractivity contribution in [2.24, 2.45) is 5.73 Å². The number of rotatable bonds is 6. The molecule has 0 spiro atoms. The first-order valence-electron chi connectivity index (χ1n) is 6.87. The summed E-state index contributed by atoms with van der Waals surface area (Å²) in [6, 6.07) is 16.9. The number of benzene rings is 2. The van der Waals surface area contributed by atoms with E-state index in [0.717, 1.165) is 11.1 Å². The minimum absolute atomic E-state index is 0.307. The van der Waals surface area contributed by atoms with E-state index in [0.29, 0.717) is 18.1 Å². The highest BCUT2D eigenvalue weighted by atomic mass is 35.5. The molecule has 0 aliphatic heterocycles. The first-order valence-corrected chi connectivity index (χ1v) is 7.25. The molecule has 4 heteroatoms. The van der Waals surface area contributed by atoms with E-state index < -0.39 is 11.8 Å². The van der Waals surface area contributed by atoms with E-state index in [2.05, 4.69) is 0 Å². The number of halogens is 1. The van der Waals surface area contributed by atoms with Crippen molar-refractivity contribution in [3.8, 4) is 0 Å². The van der Waals surface area contributed by atoms with Gasteiger partial charge in [-0.3, -0.25) is 0 Å². The summed E-state index contributed by atoms with van der Waals surface area (Å²) in [5.74, 6) is 0. The van der Waals surface area contributed by atoms with Crippen molar-refractivity contribution < 1.29 is 9.84 Å². The zero-order chi connectivity index (χ0) is 15.3. The highest BCUT2D eigenvalue weighted by Crippen LogP contribution is 2.26. The van der Waals surface area contributed by atoms with E-state index in [1.807, 2.05) is 54.6 Å². The maximum Gasteiger partial charge on any atom is 0.109 e. The third kappa shape index (κ3) is 4.55. The fourth-order valence-corrected chi connectivity index (χ4v) is 2.37. The van der Waals surface area contributed by atoms with Crippen LogP contribution in [0.1, 0.15) is 24.5 Å². The third-order valence-electron chi connectivity index (χ3n) is 3.41. The van der Waals surface area contributed by atoms with Crippen LogP contribution >= 0.6 is 11.6 Å². The van der Waals surface area contributed by atoms with Crippen molar-refractivity contribution in [1.29, 1.82) is 0 Å². The monoisotopic (exact) mass is 305 g/mol. The Morgan fingerprint density at radius 1 is 1.14 bits per heavy atom. The molecule has 0 amide bonds. The van der Waals surface area contributed by atoms with E-state index in [1.165, 1.54) is 0 Å². The number of ether oxygens (including phenoxy) is 1. The average Bonchev–Trinajstić information content (AvgIpc) is 2.47. The Kier molecular flexibility index (Phi) is 5.37. The van der Waals surface area contributed by atoms with E-state index in [9.17, 15) is 5.11 Å². The number of nitrogens with two attached hydrogens (primary N) is 1. The molecular weight excluding hydrogens is 286 g/mol. The Bertz CT molecular complexity index is 572. The molecule has 0 bridgehead atoms. The Morgan fingerprint density at radius 2 is 1.76 bits per heavy atom. The second-order valence-electron chi connectivity index (χ2n) is 5.28. The molecule has 0 saturated heterocycles. The van der Waals surface area contributed by atoms with Crippen molar-refractivity contribution in [3.05, 3.63) is 70.7 Å². The summed E-state index contributed by atoms with van der Waals surface area (Å²) in [7, 11) is 0. The quantitative estimate of drug-likeness (QED) is 0.804. The van der Waals surface area contributed by atoms with Crippen LogP contribution < -0.4 is 5.73 Å². The van der Waals surface area contributed by atoms with E-state index >= 15 is 0 Å². The Balaban J connectivity index is 1.93. The fraction of sp³-hybridized carbons (Fsp3) is 0.294. The van der Waals surface area contributed by atoms with Crippen molar-refractivity contribution in [2.45, 2.75) is 31.8 Å². The number of aliphatic hydroxyl groups is 1. The van der Waals surface area contributed by atoms with Gasteiger partial charge in [-0.1, -0.05) is 60.1 Å². The first-order chi connectivity index (χ1) is 9.99. The van der Waals surface area contributed by atoms with Crippen LogP contribution in [0.5, 0.6) is 0 Å². The first kappa shape index (κ1) is 16.0. The van der Waals surface area contributed by atoms with Gasteiger partial charge in [-0.05, 0) is 24.1 Å². The van der Waals surface area contributed by atoms with Crippen molar-refractivity contribution in [2.75, 3.05) is 0 Å². The molecule has 112 valence electrons. The maximum absolute atomic E-state index is 10.5. The lowest BCUT2D eigenvalue weighted by Gasteiger charge is -2.27. The van der Waals surface area contributed by atoms with E-state index in [-0.39, 0.29) is 0 Å². The molecule has 0 fully saturated rings. The van der Waals surface area contributed by atoms with Gasteiger partial charge in [-0.2, -0.15) is 0 Å². The Hall–Kier alpha value is -1.39. The highest BCUT2D eigenvalue weighted by molar-refractivity contribution is 6.31. The van der Waals surface area contributed by atoms with Crippen LogP contribution in [-0.2, 0) is 16.9 Å². The summed E-state index contributed by atoms with van der Waals surface area (Å²) < 4.78 is 5.60. The third-order valence-corrected chi connectivity index (χ3v) is 3.77. The van der Waals surface area contributed by atoms with Gasteiger partial charge in [0, 0.05) is 11.4 Å². The van der Waals surface area contributed by atoms with Gasteiger partial charge in [-0.25, -0.2) is 0 Å². The minimum atomic E-state index is -1.03. The van der Waals surface area contributed by atoms with Gasteiger partial charge in [0.05, 0.1) is 12.2 Å². The lowest BCUT2D eigenvalue weighted by Crippen LogP contribution is -2.34. The van der Waals surface area contributed by atoms with Gasteiger partial charge in [0.25, 0.3) is 0 Å². The molecule has 2 atom stereocenters. The fourth-order valence-electron chi connectivity index (χ4n) is 2.18. The summed E-state index contributed by atoms with van der Waals surface area (Å²) >= 11 is 6.07. The molecule has 21 heavy (non-hydrogen) atoms. The van der Waals surface area contributed by atoms with Crippen LogP contribution in [0.4, 0.5) is 0 Å². The van der Waals surface area contributed by atoms with Crippen LogP contribution in [0.15, 0.2) is 54.6 Å². The van der Waals surface area contributed by atoms with Gasteiger partial charge >= 0.3 is 0 Å². The number of hydrogen-bond acceptors (Lipinski definition) is 3. The van der Waals surface area contributed by atoms with Crippen LogP contribution in [0.3, 0.4) is 0 Å². The molecule has 2 rings (SSSR count).